The predicted octanol–water partition coefficient (Wildman–Crippen LogP) is 3.40. The summed E-state index contributed by atoms with van der Waals surface area (Å²) in [5.41, 5.74) is 4.46. The molecule has 7 heteroatoms. The van der Waals surface area contributed by atoms with Gasteiger partial charge in [0.1, 0.15) is 0 Å². The van der Waals surface area contributed by atoms with E-state index in [1.54, 1.807) is 0 Å². The molecule has 0 fully saturated rings. The van der Waals surface area contributed by atoms with Crippen LogP contribution in [0.5, 0.6) is 0 Å². The highest BCUT2D eigenvalue weighted by Crippen LogP contribution is 2.14. The van der Waals surface area contributed by atoms with E-state index in [9.17, 15) is 4.79 Å². The normalized spacial score (nSPS) is 11.3. The van der Waals surface area contributed by atoms with Crippen LogP contribution >= 0.6 is 24.8 Å². The van der Waals surface area contributed by atoms with Crippen LogP contribution in [0.4, 0.5) is 0 Å². The maximum absolute atomic E-state index is 11.9. The standard InChI is InChI=1S/C20H24N4O.2ClH/c1-15(11-21-2)20(25)22-12-16-7-9-17(10-8-16)13-24-14-23-18-5-3-4-6-19(18)24;;/h3-10,14-15,21H,11-13H2,1-2H3,(H,22,25);2*1H. The van der Waals surface area contributed by atoms with Gasteiger partial charge >= 0.3 is 0 Å². The number of aromatic nitrogens is 2. The Labute approximate surface area is 172 Å². The highest BCUT2D eigenvalue weighted by Gasteiger charge is 2.11. The number of amides is 1. The first-order valence-corrected chi connectivity index (χ1v) is 8.57. The molecule has 1 aromatic heterocycles. The van der Waals surface area contributed by atoms with Gasteiger partial charge in [0, 0.05) is 25.6 Å². The van der Waals surface area contributed by atoms with Crippen molar-refractivity contribution in [1.29, 1.82) is 0 Å². The van der Waals surface area contributed by atoms with Crippen molar-refractivity contribution in [2.45, 2.75) is 20.0 Å². The third-order valence-electron chi connectivity index (χ3n) is 4.33. The van der Waals surface area contributed by atoms with E-state index < -0.39 is 0 Å². The maximum Gasteiger partial charge on any atom is 0.224 e. The van der Waals surface area contributed by atoms with Crippen LogP contribution in [0.25, 0.3) is 11.0 Å². The van der Waals surface area contributed by atoms with E-state index in [0.717, 1.165) is 23.1 Å². The molecular weight excluding hydrogens is 383 g/mol. The van der Waals surface area contributed by atoms with Crippen molar-refractivity contribution in [1.82, 2.24) is 20.2 Å². The zero-order valence-corrected chi connectivity index (χ0v) is 17.1. The molecule has 27 heavy (non-hydrogen) atoms. The molecule has 1 heterocycles. The lowest BCUT2D eigenvalue weighted by Crippen LogP contribution is -2.33. The smallest absolute Gasteiger partial charge is 0.224 e. The largest absolute Gasteiger partial charge is 0.352 e. The minimum absolute atomic E-state index is 0. The summed E-state index contributed by atoms with van der Waals surface area (Å²) >= 11 is 0. The van der Waals surface area contributed by atoms with Crippen molar-refractivity contribution in [3.8, 4) is 0 Å². The first-order chi connectivity index (χ1) is 12.2. The highest BCUT2D eigenvalue weighted by molar-refractivity contribution is 5.85. The lowest BCUT2D eigenvalue weighted by molar-refractivity contribution is -0.124. The topological polar surface area (TPSA) is 59.0 Å². The molecule has 146 valence electrons. The van der Waals surface area contributed by atoms with Gasteiger partial charge in [0.2, 0.25) is 5.91 Å². The zero-order valence-electron chi connectivity index (χ0n) is 15.5. The molecule has 1 unspecified atom stereocenters. The summed E-state index contributed by atoms with van der Waals surface area (Å²) in [6.45, 7) is 3.95. The van der Waals surface area contributed by atoms with Crippen LogP contribution in [0, 0.1) is 5.92 Å². The Balaban J connectivity index is 0.00000182. The molecule has 5 nitrogen and oxygen atoms in total. The monoisotopic (exact) mass is 408 g/mol. The predicted molar refractivity (Wildman–Crippen MR) is 115 cm³/mol. The second-order valence-corrected chi connectivity index (χ2v) is 6.35. The van der Waals surface area contributed by atoms with Crippen molar-refractivity contribution in [3.63, 3.8) is 0 Å². The molecule has 3 aromatic rings. The number of carbonyl (C=O) groups excluding carboxylic acids is 1. The molecule has 2 N–H and O–H groups in total. The fraction of sp³-hybridized carbons (Fsp3) is 0.300. The lowest BCUT2D eigenvalue weighted by atomic mass is 10.1. The molecule has 0 saturated heterocycles. The molecule has 0 spiro atoms. The van der Waals surface area contributed by atoms with Crippen LogP contribution in [0.3, 0.4) is 0 Å². The molecule has 0 bridgehead atoms. The molecule has 0 saturated carbocycles. The third kappa shape index (κ3) is 5.96. The first-order valence-electron chi connectivity index (χ1n) is 8.57. The van der Waals surface area contributed by atoms with E-state index >= 15 is 0 Å². The van der Waals surface area contributed by atoms with Crippen molar-refractivity contribution in [3.05, 3.63) is 66.0 Å². The van der Waals surface area contributed by atoms with E-state index in [0.29, 0.717) is 13.1 Å². The van der Waals surface area contributed by atoms with Crippen LogP contribution in [0.2, 0.25) is 0 Å². The first kappa shape index (κ1) is 23.0. The van der Waals surface area contributed by atoms with Crippen LogP contribution in [0.1, 0.15) is 18.1 Å². The number of fused-ring (bicyclic) bond motifs is 1. The number of nitrogens with zero attached hydrogens (tertiary/aromatic N) is 2. The molecule has 0 radical (unpaired) electrons. The van der Waals surface area contributed by atoms with E-state index in [1.807, 2.05) is 38.5 Å². The summed E-state index contributed by atoms with van der Waals surface area (Å²) in [7, 11) is 1.85. The number of para-hydroxylation sites is 2. The van der Waals surface area contributed by atoms with Crippen LogP contribution in [-0.2, 0) is 17.9 Å². The second kappa shape index (κ2) is 10.9. The molecule has 1 amide bonds. The van der Waals surface area contributed by atoms with Gasteiger partial charge in [-0.25, -0.2) is 4.98 Å². The number of hydrogen-bond donors (Lipinski definition) is 2. The highest BCUT2D eigenvalue weighted by atomic mass is 35.5. The van der Waals surface area contributed by atoms with Gasteiger partial charge in [0.15, 0.2) is 0 Å². The Morgan fingerprint density at radius 1 is 1.07 bits per heavy atom. The van der Waals surface area contributed by atoms with Crippen molar-refractivity contribution in [2.24, 2.45) is 5.92 Å². The van der Waals surface area contributed by atoms with Gasteiger partial charge in [0.25, 0.3) is 0 Å². The molecule has 2 aromatic carbocycles. The summed E-state index contributed by atoms with van der Waals surface area (Å²) in [6.07, 6.45) is 1.88. The molecule has 0 aliphatic carbocycles. The van der Waals surface area contributed by atoms with E-state index in [2.05, 4.69) is 50.5 Å². The number of hydrogen-bond acceptors (Lipinski definition) is 3. The fourth-order valence-corrected chi connectivity index (χ4v) is 2.86. The lowest BCUT2D eigenvalue weighted by Gasteiger charge is -2.12. The molecule has 0 aliphatic rings. The molecular formula is C20H26Cl2N4O. The maximum atomic E-state index is 11.9. The Kier molecular flexibility index (Phi) is 9.29. The average molecular weight is 409 g/mol. The summed E-state index contributed by atoms with van der Waals surface area (Å²) < 4.78 is 2.14. The van der Waals surface area contributed by atoms with Gasteiger partial charge in [-0.2, -0.15) is 0 Å². The van der Waals surface area contributed by atoms with Gasteiger partial charge in [-0.05, 0) is 30.3 Å². The minimum atomic E-state index is -0.0289. The van der Waals surface area contributed by atoms with Gasteiger partial charge in [0.05, 0.1) is 17.4 Å². The number of imidazole rings is 1. The van der Waals surface area contributed by atoms with Crippen LogP contribution in [-0.4, -0.2) is 29.1 Å². The number of halogens is 2. The number of nitrogens with one attached hydrogen (secondary N) is 2. The molecule has 1 atom stereocenters. The fourth-order valence-electron chi connectivity index (χ4n) is 2.86. The Hall–Kier alpha value is -2.08. The van der Waals surface area contributed by atoms with E-state index in [4.69, 9.17) is 0 Å². The average Bonchev–Trinajstić information content (AvgIpc) is 3.04. The van der Waals surface area contributed by atoms with Crippen LogP contribution < -0.4 is 10.6 Å². The number of rotatable bonds is 7. The van der Waals surface area contributed by atoms with E-state index in [1.165, 1.54) is 5.56 Å². The second-order valence-electron chi connectivity index (χ2n) is 6.35. The van der Waals surface area contributed by atoms with Crippen molar-refractivity contribution < 1.29 is 4.79 Å². The number of carbonyl (C=O) groups is 1. The molecule has 3 rings (SSSR count). The number of benzene rings is 2. The van der Waals surface area contributed by atoms with Crippen LogP contribution in [0.15, 0.2) is 54.9 Å². The summed E-state index contributed by atoms with van der Waals surface area (Å²) in [6, 6.07) is 16.5. The molecule has 0 aliphatic heterocycles. The Morgan fingerprint density at radius 2 is 1.74 bits per heavy atom. The van der Waals surface area contributed by atoms with Crippen molar-refractivity contribution in [2.75, 3.05) is 13.6 Å². The zero-order chi connectivity index (χ0) is 17.6. The van der Waals surface area contributed by atoms with Gasteiger partial charge < -0.3 is 15.2 Å². The SMILES string of the molecule is CNCC(C)C(=O)NCc1ccc(Cn2cnc3ccccc32)cc1.Cl.Cl. The van der Waals surface area contributed by atoms with Gasteiger partial charge in [-0.1, -0.05) is 43.3 Å². The van der Waals surface area contributed by atoms with Gasteiger partial charge in [-0.15, -0.1) is 24.8 Å². The van der Waals surface area contributed by atoms with Crippen molar-refractivity contribution >= 4 is 41.8 Å². The quantitative estimate of drug-likeness (QED) is 0.629. The minimum Gasteiger partial charge on any atom is -0.352 e. The van der Waals surface area contributed by atoms with E-state index in [-0.39, 0.29) is 36.6 Å². The summed E-state index contributed by atoms with van der Waals surface area (Å²) in [5.74, 6) is 0.0436. The Bertz CT molecular complexity index is 849. The third-order valence-corrected chi connectivity index (χ3v) is 4.33. The van der Waals surface area contributed by atoms with Gasteiger partial charge in [-0.3, -0.25) is 4.79 Å². The Morgan fingerprint density at radius 3 is 2.44 bits per heavy atom. The summed E-state index contributed by atoms with van der Waals surface area (Å²) in [5, 5.41) is 6.00. The summed E-state index contributed by atoms with van der Waals surface area (Å²) in [4.78, 5) is 16.4.